The molecule has 1 aromatic carbocycles. The molecule has 2 aliphatic heterocycles. The average Bonchev–Trinajstić information content (AvgIpc) is 3.45. The maximum absolute atomic E-state index is 15.4. The van der Waals surface area contributed by atoms with E-state index in [9.17, 15) is 14.7 Å². The van der Waals surface area contributed by atoms with Crippen LogP contribution < -0.4 is 15.8 Å². The Bertz CT molecular complexity index is 1120. The average molecular weight is 399 g/mol. The molecule has 0 spiro atoms. The second-order valence-corrected chi connectivity index (χ2v) is 8.00. The lowest BCUT2D eigenvalue weighted by atomic mass is 10.0. The van der Waals surface area contributed by atoms with Crippen molar-refractivity contribution in [2.75, 3.05) is 18.6 Å². The number of carboxylic acid groups (broad SMARTS) is 1. The van der Waals surface area contributed by atoms with Gasteiger partial charge in [0, 0.05) is 42.5 Å². The number of rotatable bonds is 4. The molecule has 1 atom stereocenters. The third kappa shape index (κ3) is 2.81. The molecule has 1 aliphatic carbocycles. The lowest BCUT2D eigenvalue weighted by Crippen LogP contribution is -2.31. The largest absolute Gasteiger partial charge is 0.477 e. The number of hydroxylamine groups is 1. The van der Waals surface area contributed by atoms with Crippen molar-refractivity contribution in [1.82, 2.24) is 10.0 Å². The fourth-order valence-corrected chi connectivity index (χ4v) is 4.76. The summed E-state index contributed by atoms with van der Waals surface area (Å²) in [6.07, 6.45) is 7.69. The summed E-state index contributed by atoms with van der Waals surface area (Å²) < 4.78 is 17.2. The number of hydrogen-bond donors (Lipinski definition) is 2. The highest BCUT2D eigenvalue weighted by Gasteiger charge is 2.35. The molecule has 1 aromatic heterocycles. The van der Waals surface area contributed by atoms with Crippen LogP contribution in [0.3, 0.4) is 0 Å². The first-order valence-electron chi connectivity index (χ1n) is 9.90. The van der Waals surface area contributed by atoms with Gasteiger partial charge in [-0.25, -0.2) is 9.18 Å². The van der Waals surface area contributed by atoms with Crippen LogP contribution in [0, 0.1) is 5.82 Å². The van der Waals surface area contributed by atoms with Crippen LogP contribution in [0.2, 0.25) is 0 Å². The third-order valence-corrected chi connectivity index (χ3v) is 6.12. The van der Waals surface area contributed by atoms with E-state index < -0.39 is 17.2 Å². The Kier molecular flexibility index (Phi) is 4.13. The molecule has 0 bridgehead atoms. The van der Waals surface area contributed by atoms with Gasteiger partial charge in [-0.3, -0.25) is 15.1 Å². The summed E-state index contributed by atoms with van der Waals surface area (Å²) in [6.45, 7) is 0.745. The molecule has 0 radical (unpaired) electrons. The Morgan fingerprint density at radius 2 is 2.10 bits per heavy atom. The van der Waals surface area contributed by atoms with E-state index in [1.807, 2.05) is 10.6 Å². The van der Waals surface area contributed by atoms with Gasteiger partial charge < -0.3 is 14.6 Å². The van der Waals surface area contributed by atoms with Gasteiger partial charge in [0.05, 0.1) is 23.7 Å². The lowest BCUT2D eigenvalue weighted by molar-refractivity contribution is 0.0695. The normalized spacial score (nSPS) is 20.8. The van der Waals surface area contributed by atoms with Gasteiger partial charge >= 0.3 is 5.97 Å². The molecule has 7 nitrogen and oxygen atoms in total. The first-order chi connectivity index (χ1) is 14.0. The van der Waals surface area contributed by atoms with E-state index in [2.05, 4.69) is 10.4 Å². The summed E-state index contributed by atoms with van der Waals surface area (Å²) in [7, 11) is 1.53. The van der Waals surface area contributed by atoms with Crippen molar-refractivity contribution in [3.8, 4) is 0 Å². The fraction of sp³-hybridized carbons (Fsp3) is 0.429. The number of carboxylic acids is 1. The highest BCUT2D eigenvalue weighted by atomic mass is 19.1. The number of benzene rings is 1. The fourth-order valence-electron chi connectivity index (χ4n) is 4.76. The summed E-state index contributed by atoms with van der Waals surface area (Å²) >= 11 is 0. The number of fused-ring (bicyclic) bond motifs is 5. The molecule has 8 heteroatoms. The Balaban J connectivity index is 1.89. The second kappa shape index (κ2) is 6.59. The maximum atomic E-state index is 15.4. The lowest BCUT2D eigenvalue weighted by Gasteiger charge is -2.28. The van der Waals surface area contributed by atoms with Crippen molar-refractivity contribution >= 4 is 28.6 Å². The minimum Gasteiger partial charge on any atom is -0.477 e. The van der Waals surface area contributed by atoms with Crippen molar-refractivity contribution in [3.05, 3.63) is 45.1 Å². The predicted octanol–water partition coefficient (Wildman–Crippen LogP) is 3.04. The van der Waals surface area contributed by atoms with Gasteiger partial charge in [-0.05, 0) is 37.8 Å². The van der Waals surface area contributed by atoms with E-state index in [1.54, 1.807) is 0 Å². The first kappa shape index (κ1) is 18.2. The van der Waals surface area contributed by atoms with E-state index in [4.69, 9.17) is 4.84 Å². The highest BCUT2D eigenvalue weighted by Crippen LogP contribution is 2.44. The SMILES string of the molecule is CONC1=Cc2c(c(F)cc3c(=O)c(C(=O)O)cn(C4CC4)c23)N2CCCC2C1. The maximum Gasteiger partial charge on any atom is 0.341 e. The van der Waals surface area contributed by atoms with Gasteiger partial charge in [0.25, 0.3) is 0 Å². The monoisotopic (exact) mass is 399 g/mol. The van der Waals surface area contributed by atoms with Crippen LogP contribution in [0.1, 0.15) is 54.1 Å². The number of carbonyl (C=O) groups is 1. The zero-order valence-corrected chi connectivity index (χ0v) is 16.1. The molecule has 3 heterocycles. The van der Waals surface area contributed by atoms with Crippen LogP contribution in [0.5, 0.6) is 0 Å². The molecule has 29 heavy (non-hydrogen) atoms. The molecule has 1 unspecified atom stereocenters. The first-order valence-corrected chi connectivity index (χ1v) is 9.90. The van der Waals surface area contributed by atoms with E-state index in [0.29, 0.717) is 23.2 Å². The summed E-state index contributed by atoms with van der Waals surface area (Å²) in [5, 5.41) is 9.60. The second-order valence-electron chi connectivity index (χ2n) is 8.00. The Hall–Kier alpha value is -2.87. The molecule has 1 saturated carbocycles. The van der Waals surface area contributed by atoms with Crippen LogP contribution in [-0.4, -0.2) is 35.3 Å². The van der Waals surface area contributed by atoms with E-state index in [-0.39, 0.29) is 23.0 Å². The molecule has 2 N–H and O–H groups in total. The third-order valence-electron chi connectivity index (χ3n) is 6.12. The standard InChI is InChI=1S/C21H22FN3O4/c1-29-23-11-7-13-3-2-6-24(13)19-14(8-11)18-15(9-17(19)22)20(26)16(21(27)28)10-25(18)12-4-5-12/h8-10,12-13,23H,2-7H2,1H3,(H,27,28). The minimum atomic E-state index is -1.29. The molecule has 5 rings (SSSR count). The van der Waals surface area contributed by atoms with Crippen LogP contribution in [0.15, 0.2) is 22.8 Å². The number of aromatic nitrogens is 1. The predicted molar refractivity (Wildman–Crippen MR) is 107 cm³/mol. The zero-order chi connectivity index (χ0) is 20.3. The Morgan fingerprint density at radius 3 is 2.79 bits per heavy atom. The molecule has 2 fully saturated rings. The summed E-state index contributed by atoms with van der Waals surface area (Å²) in [4.78, 5) is 31.7. The van der Waals surface area contributed by atoms with E-state index in [1.165, 1.54) is 19.4 Å². The molecule has 1 saturated heterocycles. The van der Waals surface area contributed by atoms with Gasteiger partial charge in [-0.1, -0.05) is 0 Å². The van der Waals surface area contributed by atoms with Crippen molar-refractivity contribution in [2.45, 2.75) is 44.2 Å². The number of nitrogens with zero attached hydrogens (tertiary/aromatic N) is 2. The van der Waals surface area contributed by atoms with Crippen LogP contribution in [0.25, 0.3) is 17.0 Å². The molecule has 2 aromatic rings. The van der Waals surface area contributed by atoms with Crippen molar-refractivity contribution < 1.29 is 19.1 Å². The van der Waals surface area contributed by atoms with Gasteiger partial charge in [-0.15, -0.1) is 0 Å². The number of halogens is 1. The summed E-state index contributed by atoms with van der Waals surface area (Å²) in [6, 6.07) is 1.49. The highest BCUT2D eigenvalue weighted by molar-refractivity contribution is 5.99. The summed E-state index contributed by atoms with van der Waals surface area (Å²) in [5.41, 5.74) is 4.44. The minimum absolute atomic E-state index is 0.110. The topological polar surface area (TPSA) is 83.8 Å². The number of aromatic carboxylic acids is 1. The van der Waals surface area contributed by atoms with Crippen molar-refractivity contribution in [1.29, 1.82) is 0 Å². The zero-order valence-electron chi connectivity index (χ0n) is 16.1. The number of anilines is 1. The molecular weight excluding hydrogens is 377 g/mol. The molecule has 152 valence electrons. The van der Waals surface area contributed by atoms with Crippen LogP contribution in [-0.2, 0) is 4.84 Å². The van der Waals surface area contributed by atoms with Crippen LogP contribution >= 0.6 is 0 Å². The van der Waals surface area contributed by atoms with Crippen molar-refractivity contribution in [3.63, 3.8) is 0 Å². The van der Waals surface area contributed by atoms with Crippen LogP contribution in [0.4, 0.5) is 10.1 Å². The Labute approximate surface area is 166 Å². The summed E-state index contributed by atoms with van der Waals surface area (Å²) in [5.74, 6) is -1.78. The van der Waals surface area contributed by atoms with E-state index in [0.717, 1.165) is 37.9 Å². The van der Waals surface area contributed by atoms with Gasteiger partial charge in [0.1, 0.15) is 11.4 Å². The van der Waals surface area contributed by atoms with Gasteiger partial charge in [-0.2, -0.15) is 0 Å². The van der Waals surface area contributed by atoms with Gasteiger partial charge in [0.15, 0.2) is 0 Å². The molecule has 0 amide bonds. The number of hydrogen-bond acceptors (Lipinski definition) is 5. The number of nitrogens with one attached hydrogen (secondary N) is 1. The smallest absolute Gasteiger partial charge is 0.341 e. The Morgan fingerprint density at radius 1 is 1.31 bits per heavy atom. The van der Waals surface area contributed by atoms with E-state index >= 15 is 4.39 Å². The molecule has 3 aliphatic rings. The quantitative estimate of drug-likeness (QED) is 0.769. The number of pyridine rings is 1. The molecular formula is C21H22FN3O4. The van der Waals surface area contributed by atoms with Crippen molar-refractivity contribution in [2.24, 2.45) is 0 Å². The van der Waals surface area contributed by atoms with Gasteiger partial charge in [0.2, 0.25) is 5.43 Å².